The van der Waals surface area contributed by atoms with Crippen molar-refractivity contribution in [3.8, 4) is 10.6 Å². The normalized spacial score (nSPS) is 18.4. The molecule has 19 heavy (non-hydrogen) atoms. The molecule has 2 aromatic rings. The Kier molecular flexibility index (Phi) is 3.57. The molecule has 3 rings (SSSR count). The molecule has 98 valence electrons. The lowest BCUT2D eigenvalue weighted by Gasteiger charge is -2.11. The highest BCUT2D eigenvalue weighted by Crippen LogP contribution is 2.24. The quantitative estimate of drug-likeness (QED) is 0.903. The Morgan fingerprint density at radius 2 is 2.42 bits per heavy atom. The number of aromatic nitrogens is 1. The summed E-state index contributed by atoms with van der Waals surface area (Å²) in [6.07, 6.45) is 3.77. The Labute approximate surface area is 115 Å². The fraction of sp³-hybridized carbons (Fsp3) is 0.286. The predicted molar refractivity (Wildman–Crippen MR) is 77.2 cm³/mol. The lowest BCUT2D eigenvalue weighted by molar-refractivity contribution is -0.117. The van der Waals surface area contributed by atoms with Crippen LogP contribution in [0.15, 0.2) is 35.8 Å². The van der Waals surface area contributed by atoms with Crippen molar-refractivity contribution in [2.24, 2.45) is 0 Å². The molecule has 0 aliphatic carbocycles. The number of amides is 1. The molecule has 2 heterocycles. The predicted octanol–water partition coefficient (Wildman–Crippen LogP) is 2.50. The number of rotatable bonds is 3. The number of nitrogens with one attached hydrogen (secondary N) is 2. The van der Waals surface area contributed by atoms with Gasteiger partial charge in [0, 0.05) is 22.8 Å². The highest BCUT2D eigenvalue weighted by atomic mass is 32.1. The van der Waals surface area contributed by atoms with Crippen molar-refractivity contribution in [1.82, 2.24) is 10.3 Å². The van der Waals surface area contributed by atoms with Gasteiger partial charge in [-0.25, -0.2) is 4.98 Å². The van der Waals surface area contributed by atoms with Gasteiger partial charge in [0.05, 0.1) is 6.04 Å². The van der Waals surface area contributed by atoms with E-state index in [2.05, 4.69) is 15.6 Å². The van der Waals surface area contributed by atoms with Gasteiger partial charge in [-0.1, -0.05) is 12.1 Å². The number of carbonyl (C=O) groups is 1. The van der Waals surface area contributed by atoms with E-state index in [1.54, 1.807) is 17.5 Å². The third kappa shape index (κ3) is 2.83. The zero-order valence-electron chi connectivity index (χ0n) is 10.4. The van der Waals surface area contributed by atoms with E-state index in [-0.39, 0.29) is 11.9 Å². The molecule has 1 atom stereocenters. The van der Waals surface area contributed by atoms with Gasteiger partial charge >= 0.3 is 0 Å². The molecular weight excluding hydrogens is 258 g/mol. The second-order valence-electron chi connectivity index (χ2n) is 4.56. The van der Waals surface area contributed by atoms with Crippen molar-refractivity contribution < 1.29 is 4.79 Å². The van der Waals surface area contributed by atoms with Gasteiger partial charge in [-0.15, -0.1) is 11.3 Å². The van der Waals surface area contributed by atoms with Crippen LogP contribution in [0.25, 0.3) is 10.6 Å². The summed E-state index contributed by atoms with van der Waals surface area (Å²) >= 11 is 1.59. The molecule has 1 aromatic carbocycles. The first-order chi connectivity index (χ1) is 9.33. The minimum Gasteiger partial charge on any atom is -0.325 e. The summed E-state index contributed by atoms with van der Waals surface area (Å²) in [7, 11) is 0. The van der Waals surface area contributed by atoms with Gasteiger partial charge in [0.25, 0.3) is 0 Å². The van der Waals surface area contributed by atoms with Crippen LogP contribution in [-0.2, 0) is 4.79 Å². The standard InChI is InChI=1S/C14H15N3OS/c18-13(12-5-2-6-15-12)17-11-4-1-3-10(9-11)14-16-7-8-19-14/h1,3-4,7-9,12,15H,2,5-6H2,(H,17,18)/t12-/m0/s1. The molecule has 1 fully saturated rings. The van der Waals surface area contributed by atoms with Gasteiger partial charge < -0.3 is 10.6 Å². The van der Waals surface area contributed by atoms with Gasteiger partial charge in [0.15, 0.2) is 0 Å². The number of hydrogen-bond donors (Lipinski definition) is 2. The first kappa shape index (κ1) is 12.3. The number of carbonyl (C=O) groups excluding carboxylic acids is 1. The summed E-state index contributed by atoms with van der Waals surface area (Å²) in [5.74, 6) is 0.0498. The molecule has 4 nitrogen and oxygen atoms in total. The molecule has 0 saturated carbocycles. The molecular formula is C14H15N3OS. The monoisotopic (exact) mass is 273 g/mol. The Hall–Kier alpha value is -1.72. The summed E-state index contributed by atoms with van der Waals surface area (Å²) < 4.78 is 0. The van der Waals surface area contributed by atoms with Crippen LogP contribution in [0.5, 0.6) is 0 Å². The van der Waals surface area contributed by atoms with Crippen molar-refractivity contribution in [1.29, 1.82) is 0 Å². The van der Waals surface area contributed by atoms with Crippen LogP contribution in [-0.4, -0.2) is 23.5 Å². The van der Waals surface area contributed by atoms with Crippen molar-refractivity contribution in [3.05, 3.63) is 35.8 Å². The average molecular weight is 273 g/mol. The van der Waals surface area contributed by atoms with Gasteiger partial charge in [-0.2, -0.15) is 0 Å². The van der Waals surface area contributed by atoms with Crippen molar-refractivity contribution in [2.45, 2.75) is 18.9 Å². The molecule has 0 spiro atoms. The van der Waals surface area contributed by atoms with Gasteiger partial charge in [-0.3, -0.25) is 4.79 Å². The first-order valence-corrected chi connectivity index (χ1v) is 7.25. The van der Waals surface area contributed by atoms with Crippen LogP contribution in [0.4, 0.5) is 5.69 Å². The lowest BCUT2D eigenvalue weighted by Crippen LogP contribution is -2.35. The zero-order chi connectivity index (χ0) is 13.1. The number of anilines is 1. The minimum atomic E-state index is -0.0523. The molecule has 0 bridgehead atoms. The Balaban J connectivity index is 1.74. The molecule has 1 aromatic heterocycles. The van der Waals surface area contributed by atoms with Crippen LogP contribution in [0.1, 0.15) is 12.8 Å². The molecule has 2 N–H and O–H groups in total. The fourth-order valence-electron chi connectivity index (χ4n) is 2.23. The second-order valence-corrected chi connectivity index (χ2v) is 5.45. The SMILES string of the molecule is O=C(Nc1cccc(-c2nccs2)c1)[C@@H]1CCCN1. The largest absolute Gasteiger partial charge is 0.325 e. The van der Waals surface area contributed by atoms with Crippen LogP contribution in [0.3, 0.4) is 0 Å². The van der Waals surface area contributed by atoms with E-state index in [9.17, 15) is 4.79 Å². The van der Waals surface area contributed by atoms with Crippen LogP contribution >= 0.6 is 11.3 Å². The van der Waals surface area contributed by atoms with Crippen molar-refractivity contribution in [3.63, 3.8) is 0 Å². The van der Waals surface area contributed by atoms with Crippen LogP contribution in [0.2, 0.25) is 0 Å². The number of nitrogens with zero attached hydrogens (tertiary/aromatic N) is 1. The Morgan fingerprint density at radius 3 is 3.16 bits per heavy atom. The van der Waals surface area contributed by atoms with E-state index in [0.717, 1.165) is 35.6 Å². The number of hydrogen-bond acceptors (Lipinski definition) is 4. The second kappa shape index (κ2) is 5.50. The Morgan fingerprint density at radius 1 is 1.47 bits per heavy atom. The van der Waals surface area contributed by atoms with Gasteiger partial charge in [0.1, 0.15) is 5.01 Å². The lowest BCUT2D eigenvalue weighted by atomic mass is 10.2. The highest BCUT2D eigenvalue weighted by Gasteiger charge is 2.21. The van der Waals surface area contributed by atoms with Gasteiger partial charge in [-0.05, 0) is 31.5 Å². The molecule has 1 aliphatic rings. The molecule has 0 unspecified atom stereocenters. The minimum absolute atomic E-state index is 0.0498. The van der Waals surface area contributed by atoms with E-state index in [1.807, 2.05) is 29.6 Å². The van der Waals surface area contributed by atoms with E-state index < -0.39 is 0 Å². The maximum Gasteiger partial charge on any atom is 0.241 e. The van der Waals surface area contributed by atoms with Crippen LogP contribution < -0.4 is 10.6 Å². The van der Waals surface area contributed by atoms with E-state index in [1.165, 1.54) is 0 Å². The maximum atomic E-state index is 12.0. The average Bonchev–Trinajstić information content (AvgIpc) is 3.13. The molecule has 1 saturated heterocycles. The fourth-order valence-corrected chi connectivity index (χ4v) is 2.87. The molecule has 0 radical (unpaired) electrons. The highest BCUT2D eigenvalue weighted by molar-refractivity contribution is 7.13. The van der Waals surface area contributed by atoms with Crippen LogP contribution in [0, 0.1) is 0 Å². The van der Waals surface area contributed by atoms with Crippen molar-refractivity contribution >= 4 is 22.9 Å². The first-order valence-electron chi connectivity index (χ1n) is 6.37. The summed E-state index contributed by atoms with van der Waals surface area (Å²) in [5.41, 5.74) is 1.86. The summed E-state index contributed by atoms with van der Waals surface area (Å²) in [6, 6.07) is 7.76. The van der Waals surface area contributed by atoms with E-state index in [0.29, 0.717) is 0 Å². The smallest absolute Gasteiger partial charge is 0.241 e. The molecule has 5 heteroatoms. The maximum absolute atomic E-state index is 12.0. The zero-order valence-corrected chi connectivity index (χ0v) is 11.2. The molecule has 1 aliphatic heterocycles. The summed E-state index contributed by atoms with van der Waals surface area (Å²) in [4.78, 5) is 16.3. The van der Waals surface area contributed by atoms with E-state index >= 15 is 0 Å². The summed E-state index contributed by atoms with van der Waals surface area (Å²) in [6.45, 7) is 0.928. The van der Waals surface area contributed by atoms with E-state index in [4.69, 9.17) is 0 Å². The third-order valence-corrected chi connectivity index (χ3v) is 4.01. The van der Waals surface area contributed by atoms with Crippen molar-refractivity contribution in [2.75, 3.05) is 11.9 Å². The number of benzene rings is 1. The van der Waals surface area contributed by atoms with Gasteiger partial charge in [0.2, 0.25) is 5.91 Å². The topological polar surface area (TPSA) is 54.0 Å². The Bertz CT molecular complexity index is 562. The number of thiazole rings is 1. The molecule has 1 amide bonds. The third-order valence-electron chi connectivity index (χ3n) is 3.19. The summed E-state index contributed by atoms with van der Waals surface area (Å²) in [5, 5.41) is 9.07.